The number of hydrogen-bond donors (Lipinski definition) is 2. The molecule has 1 fully saturated rings. The Balaban J connectivity index is 0.00000176. The fraction of sp³-hybridized carbons (Fsp3) is 0.611. The molecule has 122 valence electrons. The van der Waals surface area contributed by atoms with Crippen molar-refractivity contribution in [2.75, 3.05) is 6.54 Å². The summed E-state index contributed by atoms with van der Waals surface area (Å²) >= 11 is 0. The summed E-state index contributed by atoms with van der Waals surface area (Å²) in [4.78, 5) is 12.4. The van der Waals surface area contributed by atoms with Gasteiger partial charge >= 0.3 is 0 Å². The summed E-state index contributed by atoms with van der Waals surface area (Å²) < 4.78 is 0. The molecule has 0 aliphatic heterocycles. The van der Waals surface area contributed by atoms with Crippen LogP contribution in [-0.2, 0) is 17.6 Å². The average molecular weight is 323 g/mol. The number of hydrogen-bond acceptors (Lipinski definition) is 2. The summed E-state index contributed by atoms with van der Waals surface area (Å²) in [5.41, 5.74) is 8.81. The lowest BCUT2D eigenvalue weighted by atomic mass is 9.71. The average Bonchev–Trinajstić information content (AvgIpc) is 2.90. The van der Waals surface area contributed by atoms with E-state index in [0.29, 0.717) is 13.0 Å². The Hall–Kier alpha value is -1.06. The van der Waals surface area contributed by atoms with Gasteiger partial charge in [0, 0.05) is 12.5 Å². The molecule has 3 nitrogen and oxygen atoms in total. The topological polar surface area (TPSA) is 55.1 Å². The smallest absolute Gasteiger partial charge is 0.220 e. The van der Waals surface area contributed by atoms with Crippen LogP contribution < -0.4 is 11.1 Å². The number of nitrogens with two attached hydrogens (primary N) is 1. The Bertz CT molecular complexity index is 487. The van der Waals surface area contributed by atoms with Crippen LogP contribution in [0.3, 0.4) is 0 Å². The zero-order valence-electron chi connectivity index (χ0n) is 13.1. The first-order valence-corrected chi connectivity index (χ1v) is 8.27. The number of carbonyl (C=O) groups is 1. The third-order valence-corrected chi connectivity index (χ3v) is 5.30. The van der Waals surface area contributed by atoms with Gasteiger partial charge in [-0.15, -0.1) is 12.4 Å². The van der Waals surface area contributed by atoms with Crippen molar-refractivity contribution >= 4 is 18.3 Å². The van der Waals surface area contributed by atoms with Crippen molar-refractivity contribution in [1.29, 1.82) is 0 Å². The molecule has 3 rings (SSSR count). The Kier molecular flexibility index (Phi) is 5.87. The molecule has 1 aromatic carbocycles. The first-order valence-electron chi connectivity index (χ1n) is 8.27. The minimum absolute atomic E-state index is 0. The van der Waals surface area contributed by atoms with Crippen molar-refractivity contribution in [1.82, 2.24) is 5.32 Å². The molecule has 22 heavy (non-hydrogen) atoms. The Labute approximate surface area is 139 Å². The van der Waals surface area contributed by atoms with E-state index in [0.717, 1.165) is 25.7 Å². The molecule has 0 heterocycles. The molecule has 0 bridgehead atoms. The van der Waals surface area contributed by atoms with Crippen molar-refractivity contribution in [3.63, 3.8) is 0 Å². The zero-order valence-corrected chi connectivity index (χ0v) is 14.0. The lowest BCUT2D eigenvalue weighted by molar-refractivity contribution is -0.124. The van der Waals surface area contributed by atoms with E-state index in [9.17, 15) is 4.79 Å². The molecule has 1 saturated carbocycles. The third kappa shape index (κ3) is 3.82. The standard InChI is InChI=1S/C18H26N2O.ClH/c19-13-18(8-4-1-5-9-18)12-17(21)20-16-10-14-6-2-3-7-15(14)11-16;/h2-3,6-7,16H,1,4-5,8-13,19H2,(H,20,21);1H. The van der Waals surface area contributed by atoms with Crippen LogP contribution in [0, 0.1) is 5.41 Å². The number of fused-ring (bicyclic) bond motifs is 1. The van der Waals surface area contributed by atoms with Crippen LogP contribution in [0.5, 0.6) is 0 Å². The number of nitrogens with one attached hydrogen (secondary N) is 1. The summed E-state index contributed by atoms with van der Waals surface area (Å²) in [5, 5.41) is 3.24. The highest BCUT2D eigenvalue weighted by Crippen LogP contribution is 2.38. The number of rotatable bonds is 4. The van der Waals surface area contributed by atoms with Crippen LogP contribution >= 0.6 is 12.4 Å². The van der Waals surface area contributed by atoms with Crippen LogP contribution in [0.25, 0.3) is 0 Å². The van der Waals surface area contributed by atoms with Crippen molar-refractivity contribution in [2.45, 2.75) is 57.4 Å². The normalized spacial score (nSPS) is 20.0. The molecule has 0 aromatic heterocycles. The highest BCUT2D eigenvalue weighted by atomic mass is 35.5. The quantitative estimate of drug-likeness (QED) is 0.895. The third-order valence-electron chi connectivity index (χ3n) is 5.30. The predicted molar refractivity (Wildman–Crippen MR) is 92.2 cm³/mol. The molecule has 0 atom stereocenters. The van der Waals surface area contributed by atoms with Crippen LogP contribution in [0.4, 0.5) is 0 Å². The zero-order chi connectivity index (χ0) is 14.7. The number of halogens is 1. The molecule has 0 unspecified atom stereocenters. The molecule has 1 aromatic rings. The monoisotopic (exact) mass is 322 g/mol. The van der Waals surface area contributed by atoms with Gasteiger partial charge in [-0.1, -0.05) is 43.5 Å². The molecule has 2 aliphatic rings. The molecule has 0 radical (unpaired) electrons. The van der Waals surface area contributed by atoms with Gasteiger partial charge in [0.25, 0.3) is 0 Å². The second-order valence-electron chi connectivity index (χ2n) is 6.88. The van der Waals surface area contributed by atoms with Gasteiger partial charge in [-0.3, -0.25) is 4.79 Å². The molecule has 0 spiro atoms. The molecule has 3 N–H and O–H groups in total. The molecule has 0 saturated heterocycles. The predicted octanol–water partition coefficient (Wildman–Crippen LogP) is 2.99. The fourth-order valence-corrected chi connectivity index (χ4v) is 4.04. The van der Waals surface area contributed by atoms with E-state index in [-0.39, 0.29) is 29.8 Å². The van der Waals surface area contributed by atoms with E-state index in [4.69, 9.17) is 5.73 Å². The Morgan fingerprint density at radius 3 is 2.27 bits per heavy atom. The van der Waals surface area contributed by atoms with Crippen molar-refractivity contribution < 1.29 is 4.79 Å². The van der Waals surface area contributed by atoms with Gasteiger partial charge in [-0.2, -0.15) is 0 Å². The Morgan fingerprint density at radius 2 is 1.73 bits per heavy atom. The minimum atomic E-state index is 0. The van der Waals surface area contributed by atoms with E-state index in [1.54, 1.807) is 0 Å². The van der Waals surface area contributed by atoms with E-state index in [2.05, 4.69) is 29.6 Å². The molecular weight excluding hydrogens is 296 g/mol. The minimum Gasteiger partial charge on any atom is -0.353 e. The SMILES string of the molecule is Cl.NCC1(CC(=O)NC2Cc3ccccc3C2)CCCCC1. The number of amides is 1. The maximum Gasteiger partial charge on any atom is 0.220 e. The molecular formula is C18H27ClN2O. The van der Waals surface area contributed by atoms with Gasteiger partial charge < -0.3 is 11.1 Å². The summed E-state index contributed by atoms with van der Waals surface area (Å²) in [6, 6.07) is 8.77. The van der Waals surface area contributed by atoms with Gasteiger partial charge in [0.15, 0.2) is 0 Å². The number of benzene rings is 1. The molecule has 2 aliphatic carbocycles. The Morgan fingerprint density at radius 1 is 1.14 bits per heavy atom. The first kappa shape index (κ1) is 17.3. The van der Waals surface area contributed by atoms with Crippen LogP contribution in [0.15, 0.2) is 24.3 Å². The maximum atomic E-state index is 12.4. The summed E-state index contributed by atoms with van der Waals surface area (Å²) in [5.74, 6) is 0.195. The summed E-state index contributed by atoms with van der Waals surface area (Å²) in [7, 11) is 0. The van der Waals surface area contributed by atoms with Crippen LogP contribution in [0.2, 0.25) is 0 Å². The second kappa shape index (κ2) is 7.47. The van der Waals surface area contributed by atoms with Crippen LogP contribution in [-0.4, -0.2) is 18.5 Å². The van der Waals surface area contributed by atoms with Crippen molar-refractivity contribution in [3.05, 3.63) is 35.4 Å². The van der Waals surface area contributed by atoms with E-state index in [1.807, 2.05) is 0 Å². The largest absolute Gasteiger partial charge is 0.353 e. The van der Waals surface area contributed by atoms with Crippen molar-refractivity contribution in [2.24, 2.45) is 11.1 Å². The molecule has 1 amide bonds. The van der Waals surface area contributed by atoms with Gasteiger partial charge in [-0.05, 0) is 48.8 Å². The first-order chi connectivity index (χ1) is 10.2. The van der Waals surface area contributed by atoms with Gasteiger partial charge in [0.1, 0.15) is 0 Å². The van der Waals surface area contributed by atoms with E-state index < -0.39 is 0 Å². The fourth-order valence-electron chi connectivity index (χ4n) is 4.04. The van der Waals surface area contributed by atoms with Crippen LogP contribution in [0.1, 0.15) is 49.7 Å². The highest BCUT2D eigenvalue weighted by molar-refractivity contribution is 5.85. The van der Waals surface area contributed by atoms with Crippen molar-refractivity contribution in [3.8, 4) is 0 Å². The molecule has 4 heteroatoms. The van der Waals surface area contributed by atoms with Gasteiger partial charge in [0.05, 0.1) is 0 Å². The maximum absolute atomic E-state index is 12.4. The highest BCUT2D eigenvalue weighted by Gasteiger charge is 2.34. The lowest BCUT2D eigenvalue weighted by Gasteiger charge is -2.36. The lowest BCUT2D eigenvalue weighted by Crippen LogP contribution is -2.42. The van der Waals surface area contributed by atoms with Gasteiger partial charge in [-0.25, -0.2) is 0 Å². The van der Waals surface area contributed by atoms with E-state index >= 15 is 0 Å². The van der Waals surface area contributed by atoms with E-state index in [1.165, 1.54) is 30.4 Å². The summed E-state index contributed by atoms with van der Waals surface area (Å²) in [6.07, 6.45) is 8.51. The second-order valence-corrected chi connectivity index (χ2v) is 6.88. The van der Waals surface area contributed by atoms with Gasteiger partial charge in [0.2, 0.25) is 5.91 Å². The number of carbonyl (C=O) groups excluding carboxylic acids is 1. The summed E-state index contributed by atoms with van der Waals surface area (Å²) in [6.45, 7) is 0.644.